The largest absolute Gasteiger partial charge is 0.386 e. The highest BCUT2D eigenvalue weighted by Gasteiger charge is 2.11. The summed E-state index contributed by atoms with van der Waals surface area (Å²) in [6, 6.07) is 12.3. The zero-order valence-electron chi connectivity index (χ0n) is 10.1. The van der Waals surface area contributed by atoms with Gasteiger partial charge < -0.3 is 10.4 Å². The van der Waals surface area contributed by atoms with Crippen LogP contribution in [0.5, 0.6) is 0 Å². The molecule has 1 aromatic heterocycles. The summed E-state index contributed by atoms with van der Waals surface area (Å²) in [5.41, 5.74) is 1.21. The Balaban J connectivity index is 1.90. The quantitative estimate of drug-likeness (QED) is 0.873. The Hall–Kier alpha value is -0.680. The Morgan fingerprint density at radius 1 is 1.33 bits per heavy atom. The van der Waals surface area contributed by atoms with Crippen LogP contribution in [0.4, 0.5) is 0 Å². The highest BCUT2D eigenvalue weighted by Crippen LogP contribution is 2.21. The van der Waals surface area contributed by atoms with Crippen LogP contribution in [-0.2, 0) is 0 Å². The van der Waals surface area contributed by atoms with Crippen LogP contribution in [0.1, 0.15) is 29.5 Å². The Bertz CT molecular complexity index is 486. The van der Waals surface area contributed by atoms with Gasteiger partial charge in [-0.15, -0.1) is 11.3 Å². The van der Waals surface area contributed by atoms with Crippen LogP contribution in [0.3, 0.4) is 0 Å². The molecule has 0 saturated carbocycles. The molecule has 2 rings (SSSR count). The summed E-state index contributed by atoms with van der Waals surface area (Å²) in [6.07, 6.45) is -0.431. The third-order valence-electron chi connectivity index (χ3n) is 2.84. The normalized spacial score (nSPS) is 14.4. The van der Waals surface area contributed by atoms with Gasteiger partial charge in [-0.05, 0) is 36.1 Å². The van der Waals surface area contributed by atoms with Crippen molar-refractivity contribution in [2.45, 2.75) is 19.1 Å². The summed E-state index contributed by atoms with van der Waals surface area (Å²) < 4.78 is 1.08. The minimum absolute atomic E-state index is 0.220. The van der Waals surface area contributed by atoms with Crippen molar-refractivity contribution in [3.63, 3.8) is 0 Å². The van der Waals surface area contributed by atoms with Crippen molar-refractivity contribution in [2.75, 3.05) is 6.54 Å². The molecule has 0 amide bonds. The number of aliphatic hydroxyl groups excluding tert-OH is 1. The summed E-state index contributed by atoms with van der Waals surface area (Å²) in [4.78, 5) is 1.00. The summed E-state index contributed by atoms with van der Waals surface area (Å²) in [5.74, 6) is 0. The molecule has 1 aromatic carbocycles. The van der Waals surface area contributed by atoms with Crippen LogP contribution >= 0.6 is 27.3 Å². The van der Waals surface area contributed by atoms with E-state index in [1.165, 1.54) is 5.56 Å². The summed E-state index contributed by atoms with van der Waals surface area (Å²) in [5, 5.41) is 15.3. The van der Waals surface area contributed by atoms with Crippen LogP contribution in [-0.4, -0.2) is 11.7 Å². The van der Waals surface area contributed by atoms with Gasteiger partial charge in [-0.2, -0.15) is 0 Å². The first-order valence-corrected chi connectivity index (χ1v) is 7.54. The number of halogens is 1. The fraction of sp³-hybridized carbons (Fsp3) is 0.286. The summed E-state index contributed by atoms with van der Waals surface area (Å²) >= 11 is 5.05. The van der Waals surface area contributed by atoms with E-state index in [4.69, 9.17) is 0 Å². The van der Waals surface area contributed by atoms with Crippen molar-refractivity contribution < 1.29 is 5.11 Å². The summed E-state index contributed by atoms with van der Waals surface area (Å²) in [7, 11) is 0. The second kappa shape index (κ2) is 6.48. The first kappa shape index (κ1) is 13.7. The predicted octanol–water partition coefficient (Wildman–Crippen LogP) is 3.89. The fourth-order valence-corrected chi connectivity index (χ4v) is 2.89. The van der Waals surface area contributed by atoms with Gasteiger partial charge in [0.25, 0.3) is 0 Å². The van der Waals surface area contributed by atoms with Crippen LogP contribution in [0.15, 0.2) is 46.3 Å². The van der Waals surface area contributed by atoms with E-state index in [0.717, 1.165) is 9.35 Å². The van der Waals surface area contributed by atoms with E-state index < -0.39 is 6.10 Å². The van der Waals surface area contributed by atoms with Gasteiger partial charge in [0.1, 0.15) is 6.10 Å². The average Bonchev–Trinajstić information content (AvgIpc) is 2.89. The fourth-order valence-electron chi connectivity index (χ4n) is 1.76. The zero-order valence-corrected chi connectivity index (χ0v) is 12.5. The lowest BCUT2D eigenvalue weighted by atomic mass is 10.1. The van der Waals surface area contributed by atoms with E-state index in [0.29, 0.717) is 6.54 Å². The van der Waals surface area contributed by atoms with Crippen molar-refractivity contribution in [2.24, 2.45) is 0 Å². The highest BCUT2D eigenvalue weighted by molar-refractivity contribution is 9.10. The SMILES string of the molecule is C[C@H](NCC(O)c1cccs1)c1cccc(Br)c1. The van der Waals surface area contributed by atoms with Crippen molar-refractivity contribution in [3.8, 4) is 0 Å². The van der Waals surface area contributed by atoms with Crippen LogP contribution in [0.25, 0.3) is 0 Å². The number of rotatable bonds is 5. The molecule has 2 nitrogen and oxygen atoms in total. The number of benzene rings is 1. The molecule has 1 unspecified atom stereocenters. The van der Waals surface area contributed by atoms with Gasteiger partial charge in [0.15, 0.2) is 0 Å². The van der Waals surface area contributed by atoms with Crippen molar-refractivity contribution >= 4 is 27.3 Å². The van der Waals surface area contributed by atoms with E-state index in [1.807, 2.05) is 29.6 Å². The molecule has 1 heterocycles. The number of nitrogens with one attached hydrogen (secondary N) is 1. The average molecular weight is 326 g/mol. The molecule has 0 spiro atoms. The van der Waals surface area contributed by atoms with Crippen molar-refractivity contribution in [1.82, 2.24) is 5.32 Å². The monoisotopic (exact) mass is 325 g/mol. The molecule has 2 N–H and O–H groups in total. The van der Waals surface area contributed by atoms with Gasteiger partial charge in [0, 0.05) is 21.9 Å². The van der Waals surface area contributed by atoms with Gasteiger partial charge in [-0.25, -0.2) is 0 Å². The Labute approximate surface area is 120 Å². The second-order valence-corrected chi connectivity index (χ2v) is 6.11. The maximum absolute atomic E-state index is 10.00. The lowest BCUT2D eigenvalue weighted by Gasteiger charge is -2.17. The molecule has 0 fully saturated rings. The van der Waals surface area contributed by atoms with E-state index >= 15 is 0 Å². The standard InChI is InChI=1S/C14H16BrNOS/c1-10(11-4-2-5-12(15)8-11)16-9-13(17)14-6-3-7-18-14/h2-8,10,13,16-17H,9H2,1H3/t10-,13?/m0/s1. The molecule has 0 aliphatic heterocycles. The number of hydrogen-bond donors (Lipinski definition) is 2. The molecule has 4 heteroatoms. The van der Waals surface area contributed by atoms with Crippen LogP contribution in [0.2, 0.25) is 0 Å². The van der Waals surface area contributed by atoms with Gasteiger partial charge >= 0.3 is 0 Å². The third kappa shape index (κ3) is 3.65. The molecule has 0 aliphatic rings. The molecule has 0 aliphatic carbocycles. The van der Waals surface area contributed by atoms with Crippen molar-refractivity contribution in [1.29, 1.82) is 0 Å². The zero-order chi connectivity index (χ0) is 13.0. The molecule has 96 valence electrons. The van der Waals surface area contributed by atoms with E-state index in [2.05, 4.69) is 40.3 Å². The van der Waals surface area contributed by atoms with Crippen LogP contribution in [0, 0.1) is 0 Å². The van der Waals surface area contributed by atoms with Crippen molar-refractivity contribution in [3.05, 3.63) is 56.7 Å². The topological polar surface area (TPSA) is 32.3 Å². The Kier molecular flexibility index (Phi) is 4.95. The Morgan fingerprint density at radius 3 is 2.83 bits per heavy atom. The number of thiophene rings is 1. The molecule has 0 bridgehead atoms. The first-order valence-electron chi connectivity index (χ1n) is 5.87. The second-order valence-electron chi connectivity index (χ2n) is 4.22. The van der Waals surface area contributed by atoms with Crippen LogP contribution < -0.4 is 5.32 Å². The van der Waals surface area contributed by atoms with Gasteiger partial charge in [-0.3, -0.25) is 0 Å². The maximum atomic E-state index is 10.00. The minimum Gasteiger partial charge on any atom is -0.386 e. The maximum Gasteiger partial charge on any atom is 0.101 e. The molecule has 0 saturated heterocycles. The summed E-state index contributed by atoms with van der Waals surface area (Å²) in [6.45, 7) is 2.66. The molecule has 2 aromatic rings. The highest BCUT2D eigenvalue weighted by atomic mass is 79.9. The number of aliphatic hydroxyl groups is 1. The van der Waals surface area contributed by atoms with Gasteiger partial charge in [-0.1, -0.05) is 34.1 Å². The van der Waals surface area contributed by atoms with Gasteiger partial charge in [0.05, 0.1) is 0 Å². The lowest BCUT2D eigenvalue weighted by Crippen LogP contribution is -2.24. The smallest absolute Gasteiger partial charge is 0.101 e. The number of hydrogen-bond acceptors (Lipinski definition) is 3. The predicted molar refractivity (Wildman–Crippen MR) is 79.8 cm³/mol. The lowest BCUT2D eigenvalue weighted by molar-refractivity contribution is 0.174. The molecule has 18 heavy (non-hydrogen) atoms. The molecule has 0 radical (unpaired) electrons. The van der Waals surface area contributed by atoms with E-state index in [9.17, 15) is 5.11 Å². The molecular formula is C14H16BrNOS. The van der Waals surface area contributed by atoms with Gasteiger partial charge in [0.2, 0.25) is 0 Å². The first-order chi connectivity index (χ1) is 8.66. The molecular weight excluding hydrogens is 310 g/mol. The Morgan fingerprint density at radius 2 is 2.17 bits per heavy atom. The minimum atomic E-state index is -0.431. The third-order valence-corrected chi connectivity index (χ3v) is 4.30. The van der Waals surface area contributed by atoms with E-state index in [1.54, 1.807) is 11.3 Å². The van der Waals surface area contributed by atoms with E-state index in [-0.39, 0.29) is 6.04 Å². The molecule has 2 atom stereocenters.